The van der Waals surface area contributed by atoms with Crippen molar-refractivity contribution in [1.29, 1.82) is 0 Å². The van der Waals surface area contributed by atoms with E-state index in [1.165, 1.54) is 22.4 Å². The van der Waals surface area contributed by atoms with Gasteiger partial charge in [0.1, 0.15) is 5.75 Å². The molecule has 5 nitrogen and oxygen atoms in total. The highest BCUT2D eigenvalue weighted by Gasteiger charge is 2.58. The standard InChI is InChI=1S/C23H20N2O3/c1-22(2)21-18-7-5-4-6-15(18)8-10-19(21)24(3)23(22)13-12-16-14-17(25(26)27)9-11-20(16)28-23/h4-14H,1-3H3/t23-/m1/s1. The van der Waals surface area contributed by atoms with Gasteiger partial charge in [0.05, 0.1) is 10.3 Å². The summed E-state index contributed by atoms with van der Waals surface area (Å²) in [6.07, 6.45) is 3.98. The van der Waals surface area contributed by atoms with Gasteiger partial charge >= 0.3 is 0 Å². The van der Waals surface area contributed by atoms with Gasteiger partial charge in [-0.1, -0.05) is 30.3 Å². The molecule has 140 valence electrons. The number of likely N-dealkylation sites (N-methyl/N-ethyl adjacent to an activating group) is 1. The van der Waals surface area contributed by atoms with Crippen molar-refractivity contribution in [1.82, 2.24) is 0 Å². The van der Waals surface area contributed by atoms with E-state index in [0.29, 0.717) is 5.75 Å². The summed E-state index contributed by atoms with van der Waals surface area (Å²) >= 11 is 0. The van der Waals surface area contributed by atoms with Gasteiger partial charge < -0.3 is 9.64 Å². The fourth-order valence-electron chi connectivity index (χ4n) is 4.77. The number of hydrogen-bond donors (Lipinski definition) is 0. The minimum Gasteiger partial charge on any atom is -0.463 e. The Morgan fingerprint density at radius 3 is 2.64 bits per heavy atom. The van der Waals surface area contributed by atoms with Crippen LogP contribution in [0.25, 0.3) is 16.8 Å². The van der Waals surface area contributed by atoms with Crippen LogP contribution in [0.5, 0.6) is 5.75 Å². The van der Waals surface area contributed by atoms with Crippen LogP contribution in [0.2, 0.25) is 0 Å². The monoisotopic (exact) mass is 372 g/mol. The highest BCUT2D eigenvalue weighted by molar-refractivity contribution is 5.94. The first-order valence-corrected chi connectivity index (χ1v) is 9.28. The molecule has 0 saturated heterocycles. The summed E-state index contributed by atoms with van der Waals surface area (Å²) in [5, 5.41) is 13.5. The second kappa shape index (κ2) is 5.35. The van der Waals surface area contributed by atoms with Crippen LogP contribution in [0.15, 0.2) is 60.7 Å². The van der Waals surface area contributed by atoms with Crippen molar-refractivity contribution in [2.75, 3.05) is 11.9 Å². The number of nitro groups is 1. The molecule has 1 atom stereocenters. The highest BCUT2D eigenvalue weighted by atomic mass is 16.6. The fraction of sp³-hybridized carbons (Fsp3) is 0.217. The van der Waals surface area contributed by atoms with Crippen LogP contribution in [-0.4, -0.2) is 17.7 Å². The van der Waals surface area contributed by atoms with E-state index in [-0.39, 0.29) is 16.0 Å². The Kier molecular flexibility index (Phi) is 3.21. The molecule has 0 fully saturated rings. The van der Waals surface area contributed by atoms with Crippen molar-refractivity contribution in [2.45, 2.75) is 25.0 Å². The zero-order valence-corrected chi connectivity index (χ0v) is 16.0. The highest BCUT2D eigenvalue weighted by Crippen LogP contribution is 2.56. The molecule has 3 aromatic rings. The summed E-state index contributed by atoms with van der Waals surface area (Å²) in [5.41, 5.74) is 2.14. The summed E-state index contributed by atoms with van der Waals surface area (Å²) in [7, 11) is 2.04. The Morgan fingerprint density at radius 1 is 1.07 bits per heavy atom. The maximum Gasteiger partial charge on any atom is 0.270 e. The molecule has 0 amide bonds. The molecule has 0 unspecified atom stereocenters. The normalized spacial score (nSPS) is 21.5. The molecular formula is C23H20N2O3. The molecule has 0 aliphatic carbocycles. The topological polar surface area (TPSA) is 55.6 Å². The molecule has 1 spiro atoms. The molecule has 5 rings (SSSR count). The third-order valence-corrected chi connectivity index (χ3v) is 6.25. The van der Waals surface area contributed by atoms with Crippen molar-refractivity contribution in [3.63, 3.8) is 0 Å². The van der Waals surface area contributed by atoms with Crippen LogP contribution in [0.4, 0.5) is 11.4 Å². The van der Waals surface area contributed by atoms with E-state index in [0.717, 1.165) is 11.3 Å². The maximum absolute atomic E-state index is 11.1. The zero-order valence-electron chi connectivity index (χ0n) is 16.0. The second-order valence-corrected chi connectivity index (χ2v) is 7.98. The number of non-ortho nitro benzene ring substituents is 1. The van der Waals surface area contributed by atoms with Gasteiger partial charge in [0.25, 0.3) is 5.69 Å². The maximum atomic E-state index is 11.1. The van der Waals surface area contributed by atoms with E-state index in [2.05, 4.69) is 55.1 Å². The van der Waals surface area contributed by atoms with Gasteiger partial charge in [-0.25, -0.2) is 0 Å². The molecule has 2 aliphatic rings. The summed E-state index contributed by atoms with van der Waals surface area (Å²) in [6, 6.07) is 17.4. The van der Waals surface area contributed by atoms with Gasteiger partial charge in [0.2, 0.25) is 5.72 Å². The number of rotatable bonds is 1. The quantitative estimate of drug-likeness (QED) is 0.431. The second-order valence-electron chi connectivity index (χ2n) is 7.98. The first kappa shape index (κ1) is 16.8. The van der Waals surface area contributed by atoms with Gasteiger partial charge in [-0.15, -0.1) is 0 Å². The van der Waals surface area contributed by atoms with E-state index in [9.17, 15) is 10.1 Å². The number of hydrogen-bond acceptors (Lipinski definition) is 4. The molecule has 0 radical (unpaired) electrons. The van der Waals surface area contributed by atoms with E-state index < -0.39 is 5.72 Å². The van der Waals surface area contributed by atoms with Gasteiger partial charge in [0, 0.05) is 30.4 Å². The molecule has 3 aromatic carbocycles. The summed E-state index contributed by atoms with van der Waals surface area (Å²) in [5.74, 6) is 0.658. The van der Waals surface area contributed by atoms with Crippen LogP contribution >= 0.6 is 0 Å². The third-order valence-electron chi connectivity index (χ3n) is 6.25. The molecule has 2 heterocycles. The average Bonchev–Trinajstić information content (AvgIpc) is 2.86. The van der Waals surface area contributed by atoms with Crippen molar-refractivity contribution >= 4 is 28.2 Å². The van der Waals surface area contributed by atoms with Crippen molar-refractivity contribution in [3.05, 3.63) is 81.9 Å². The van der Waals surface area contributed by atoms with E-state index >= 15 is 0 Å². The van der Waals surface area contributed by atoms with Crippen molar-refractivity contribution in [3.8, 4) is 5.75 Å². The summed E-state index contributed by atoms with van der Waals surface area (Å²) in [4.78, 5) is 12.9. The lowest BCUT2D eigenvalue weighted by atomic mass is 9.75. The lowest BCUT2D eigenvalue weighted by Crippen LogP contribution is -2.58. The SMILES string of the molecule is CN1c2ccc3ccccc3c2C(C)(C)[C@]12C=Cc1cc([N+](=O)[O-])ccc1O2. The zero-order chi connectivity index (χ0) is 19.7. The Labute approximate surface area is 163 Å². The largest absolute Gasteiger partial charge is 0.463 e. The smallest absolute Gasteiger partial charge is 0.270 e. The van der Waals surface area contributed by atoms with Crippen molar-refractivity contribution < 1.29 is 9.66 Å². The number of benzene rings is 3. The number of fused-ring (bicyclic) bond motifs is 4. The van der Waals surface area contributed by atoms with Crippen LogP contribution < -0.4 is 9.64 Å². The first-order valence-electron chi connectivity index (χ1n) is 9.28. The van der Waals surface area contributed by atoms with Gasteiger partial charge in [-0.3, -0.25) is 10.1 Å². The molecular weight excluding hydrogens is 352 g/mol. The first-order chi connectivity index (χ1) is 13.3. The minimum absolute atomic E-state index is 0.0660. The average molecular weight is 372 g/mol. The van der Waals surface area contributed by atoms with Crippen LogP contribution in [-0.2, 0) is 5.41 Å². The fourth-order valence-corrected chi connectivity index (χ4v) is 4.77. The third kappa shape index (κ3) is 1.96. The molecule has 5 heteroatoms. The molecule has 2 aliphatic heterocycles. The van der Waals surface area contributed by atoms with E-state index in [1.807, 2.05) is 19.2 Å². The Bertz CT molecular complexity index is 1180. The minimum atomic E-state index is -0.706. The number of nitrogens with zero attached hydrogens (tertiary/aromatic N) is 2. The van der Waals surface area contributed by atoms with E-state index in [4.69, 9.17) is 4.74 Å². The predicted molar refractivity (Wildman–Crippen MR) is 111 cm³/mol. The lowest BCUT2D eigenvalue weighted by Gasteiger charge is -2.45. The van der Waals surface area contributed by atoms with E-state index in [1.54, 1.807) is 12.1 Å². The van der Waals surface area contributed by atoms with Crippen LogP contribution in [0.3, 0.4) is 0 Å². The summed E-state index contributed by atoms with van der Waals surface area (Å²) < 4.78 is 6.59. The van der Waals surface area contributed by atoms with Gasteiger partial charge in [0.15, 0.2) is 0 Å². The Balaban J connectivity index is 1.70. The molecule has 28 heavy (non-hydrogen) atoms. The Hall–Kier alpha value is -3.34. The van der Waals surface area contributed by atoms with Crippen LogP contribution in [0.1, 0.15) is 25.0 Å². The lowest BCUT2D eigenvalue weighted by molar-refractivity contribution is -0.384. The predicted octanol–water partition coefficient (Wildman–Crippen LogP) is 5.28. The number of ether oxygens (including phenoxy) is 1. The van der Waals surface area contributed by atoms with Gasteiger partial charge in [-0.2, -0.15) is 0 Å². The molecule has 0 saturated carbocycles. The molecule has 0 aromatic heterocycles. The van der Waals surface area contributed by atoms with Crippen molar-refractivity contribution in [2.24, 2.45) is 0 Å². The van der Waals surface area contributed by atoms with Crippen LogP contribution in [0, 0.1) is 10.1 Å². The summed E-state index contributed by atoms with van der Waals surface area (Å²) in [6.45, 7) is 4.39. The number of nitro benzene ring substituents is 1. The van der Waals surface area contributed by atoms with Gasteiger partial charge in [-0.05, 0) is 54.5 Å². The Morgan fingerprint density at radius 2 is 1.86 bits per heavy atom. The molecule has 0 bridgehead atoms. The molecule has 0 N–H and O–H groups in total. The number of anilines is 1.